The summed E-state index contributed by atoms with van der Waals surface area (Å²) in [5.74, 6) is -0.512. The summed E-state index contributed by atoms with van der Waals surface area (Å²) in [5.41, 5.74) is 9.99. The lowest BCUT2D eigenvalue weighted by Gasteiger charge is -2.23. The van der Waals surface area contributed by atoms with Gasteiger partial charge in [-0.2, -0.15) is 5.10 Å². The molecule has 0 bridgehead atoms. The molecule has 6 nitrogen and oxygen atoms in total. The summed E-state index contributed by atoms with van der Waals surface area (Å²) in [5, 5.41) is 4.79. The van der Waals surface area contributed by atoms with Crippen molar-refractivity contribution < 1.29 is 13.9 Å². The van der Waals surface area contributed by atoms with E-state index in [0.29, 0.717) is 28.2 Å². The van der Waals surface area contributed by atoms with Crippen molar-refractivity contribution in [2.24, 2.45) is 0 Å². The zero-order valence-electron chi connectivity index (χ0n) is 17.7. The van der Waals surface area contributed by atoms with Gasteiger partial charge in [0.25, 0.3) is 5.91 Å². The van der Waals surface area contributed by atoms with E-state index >= 15 is 0 Å². The number of rotatable bonds is 4. The number of aromatic nitrogens is 2. The van der Waals surface area contributed by atoms with Crippen LogP contribution in [-0.4, -0.2) is 21.8 Å². The quantitative estimate of drug-likeness (QED) is 0.372. The number of anilines is 2. The van der Waals surface area contributed by atoms with Crippen LogP contribution in [0.5, 0.6) is 0 Å². The van der Waals surface area contributed by atoms with Crippen LogP contribution in [0.2, 0.25) is 0 Å². The third-order valence-electron chi connectivity index (χ3n) is 5.52. The number of amides is 1. The van der Waals surface area contributed by atoms with E-state index < -0.39 is 12.3 Å². The van der Waals surface area contributed by atoms with E-state index in [1.54, 1.807) is 46.8 Å². The van der Waals surface area contributed by atoms with Gasteiger partial charge in [0, 0.05) is 33.2 Å². The second-order valence-corrected chi connectivity index (χ2v) is 8.71. The lowest BCUT2D eigenvalue weighted by molar-refractivity contribution is -0.121. The lowest BCUT2D eigenvalue weighted by atomic mass is 10.1. The predicted molar refractivity (Wildman–Crippen MR) is 128 cm³/mol. The highest BCUT2D eigenvalue weighted by molar-refractivity contribution is 9.10. The Labute approximate surface area is 198 Å². The molecule has 2 N–H and O–H groups in total. The van der Waals surface area contributed by atoms with Gasteiger partial charge in [-0.15, -0.1) is 0 Å². The Morgan fingerprint density at radius 3 is 2.45 bits per heavy atom. The third-order valence-corrected chi connectivity index (χ3v) is 6.05. The first-order chi connectivity index (χ1) is 15.9. The van der Waals surface area contributed by atoms with Crippen molar-refractivity contribution in [1.29, 1.82) is 0 Å². The molecule has 1 fully saturated rings. The molecule has 0 radical (unpaired) electrons. The number of hydrogen-bond donors (Lipinski definition) is 1. The van der Waals surface area contributed by atoms with Crippen molar-refractivity contribution in [3.63, 3.8) is 0 Å². The number of nitrogens with zero attached hydrogens (tertiary/aromatic N) is 3. The van der Waals surface area contributed by atoms with Crippen molar-refractivity contribution in [3.8, 4) is 16.9 Å². The van der Waals surface area contributed by atoms with Crippen LogP contribution >= 0.6 is 15.9 Å². The molecule has 3 aromatic carbocycles. The highest BCUT2D eigenvalue weighted by Crippen LogP contribution is 2.40. The topological polar surface area (TPSA) is 73.4 Å². The van der Waals surface area contributed by atoms with E-state index in [1.165, 1.54) is 12.1 Å². The molecule has 8 heteroatoms. The Bertz CT molecular complexity index is 1320. The number of hydrogen-bond acceptors (Lipinski definition) is 4. The first-order valence-corrected chi connectivity index (χ1v) is 11.2. The largest absolute Gasteiger partial charge is 0.399 e. The van der Waals surface area contributed by atoms with Crippen LogP contribution in [0, 0.1) is 5.82 Å². The van der Waals surface area contributed by atoms with E-state index in [0.717, 1.165) is 10.2 Å². The first kappa shape index (κ1) is 21.4. The number of halogens is 2. The fourth-order valence-electron chi connectivity index (χ4n) is 3.90. The molecule has 33 heavy (non-hydrogen) atoms. The van der Waals surface area contributed by atoms with Crippen LogP contribution in [0.1, 0.15) is 18.7 Å². The molecule has 1 aromatic heterocycles. The maximum Gasteiger partial charge on any atom is 0.258 e. The fraction of sp³-hybridized carbons (Fsp3) is 0.120. The predicted octanol–water partition coefficient (Wildman–Crippen LogP) is 5.47. The minimum Gasteiger partial charge on any atom is -0.399 e. The molecule has 0 aliphatic carbocycles. The van der Waals surface area contributed by atoms with E-state index in [-0.39, 0.29) is 11.7 Å². The molecule has 1 saturated heterocycles. The summed E-state index contributed by atoms with van der Waals surface area (Å²) >= 11 is 3.45. The normalized spacial score (nSPS) is 18.2. The van der Waals surface area contributed by atoms with Crippen molar-refractivity contribution in [1.82, 2.24) is 9.78 Å². The number of ether oxygens (including phenoxy) is 1. The number of carbonyl (C=O) groups excluding carboxylic acids is 1. The minimum absolute atomic E-state index is 0.174. The minimum atomic E-state index is -0.724. The van der Waals surface area contributed by atoms with E-state index in [9.17, 15) is 9.18 Å². The number of nitrogen functional groups attached to an aromatic ring is 1. The SMILES string of the molecule is C[C@H]1O[C@H](c2cn(-c3ccc(Br)cc3)nc2-c2ccc(F)cc2)N(c2cccc(N)c2)C1=O. The van der Waals surface area contributed by atoms with Gasteiger partial charge in [-0.3, -0.25) is 9.69 Å². The van der Waals surface area contributed by atoms with E-state index in [1.807, 2.05) is 36.5 Å². The molecule has 1 aliphatic rings. The van der Waals surface area contributed by atoms with Crippen LogP contribution in [0.3, 0.4) is 0 Å². The second kappa shape index (κ2) is 8.46. The van der Waals surface area contributed by atoms with Crippen molar-refractivity contribution >= 4 is 33.2 Å². The molecule has 166 valence electrons. The summed E-state index contributed by atoms with van der Waals surface area (Å²) in [6.45, 7) is 1.72. The molecule has 5 rings (SSSR count). The van der Waals surface area contributed by atoms with Gasteiger partial charge < -0.3 is 10.5 Å². The van der Waals surface area contributed by atoms with Crippen molar-refractivity contribution in [3.05, 3.63) is 94.8 Å². The van der Waals surface area contributed by atoms with Gasteiger partial charge in [-0.25, -0.2) is 9.07 Å². The monoisotopic (exact) mass is 506 g/mol. The van der Waals surface area contributed by atoms with Crippen LogP contribution in [0.15, 0.2) is 83.5 Å². The van der Waals surface area contributed by atoms with Gasteiger partial charge >= 0.3 is 0 Å². The average molecular weight is 507 g/mol. The van der Waals surface area contributed by atoms with Crippen molar-refractivity contribution in [2.45, 2.75) is 19.3 Å². The number of benzene rings is 3. The van der Waals surface area contributed by atoms with Crippen LogP contribution in [-0.2, 0) is 9.53 Å². The smallest absolute Gasteiger partial charge is 0.258 e. The van der Waals surface area contributed by atoms with Crippen LogP contribution in [0.25, 0.3) is 16.9 Å². The summed E-state index contributed by atoms with van der Waals surface area (Å²) < 4.78 is 22.4. The molecule has 2 heterocycles. The Kier molecular flexibility index (Phi) is 5.47. The molecular weight excluding hydrogens is 487 g/mol. The Balaban J connectivity index is 1.67. The van der Waals surface area contributed by atoms with Gasteiger partial charge in [-0.05, 0) is 73.7 Å². The summed E-state index contributed by atoms with van der Waals surface area (Å²) in [4.78, 5) is 14.7. The van der Waals surface area contributed by atoms with Gasteiger partial charge in [0.1, 0.15) is 17.6 Å². The van der Waals surface area contributed by atoms with Crippen LogP contribution in [0.4, 0.5) is 15.8 Å². The van der Waals surface area contributed by atoms with Gasteiger partial charge in [0.2, 0.25) is 0 Å². The number of nitrogens with two attached hydrogens (primary N) is 1. The van der Waals surface area contributed by atoms with Crippen LogP contribution < -0.4 is 10.6 Å². The van der Waals surface area contributed by atoms with Gasteiger partial charge in [0.05, 0.1) is 5.69 Å². The number of carbonyl (C=O) groups is 1. The lowest BCUT2D eigenvalue weighted by Crippen LogP contribution is -2.30. The maximum absolute atomic E-state index is 13.6. The zero-order valence-corrected chi connectivity index (χ0v) is 19.2. The summed E-state index contributed by atoms with van der Waals surface area (Å²) in [7, 11) is 0. The van der Waals surface area contributed by atoms with Crippen molar-refractivity contribution in [2.75, 3.05) is 10.6 Å². The second-order valence-electron chi connectivity index (χ2n) is 7.79. The average Bonchev–Trinajstić information content (AvgIpc) is 3.36. The highest BCUT2D eigenvalue weighted by Gasteiger charge is 2.42. The highest BCUT2D eigenvalue weighted by atomic mass is 79.9. The Morgan fingerprint density at radius 1 is 1.03 bits per heavy atom. The first-order valence-electron chi connectivity index (χ1n) is 10.4. The standard InChI is InChI=1S/C25H20BrFN4O2/c1-15-24(32)31(21-4-2-3-19(28)13-21)25(33-15)22-14-30(20-11-7-17(26)8-12-20)29-23(22)16-5-9-18(27)10-6-16/h2-15,25H,28H2,1H3/t15-,25-/m1/s1. The maximum atomic E-state index is 13.6. The molecule has 2 atom stereocenters. The van der Waals surface area contributed by atoms with E-state index in [2.05, 4.69) is 15.9 Å². The molecule has 4 aromatic rings. The summed E-state index contributed by atoms with van der Waals surface area (Å²) in [6, 6.07) is 20.9. The molecule has 0 spiro atoms. The molecular formula is C25H20BrFN4O2. The zero-order chi connectivity index (χ0) is 23.1. The third kappa shape index (κ3) is 4.03. The molecule has 0 unspecified atom stereocenters. The Morgan fingerprint density at radius 2 is 1.76 bits per heavy atom. The Hall–Kier alpha value is -3.49. The fourth-order valence-corrected chi connectivity index (χ4v) is 4.16. The molecule has 0 saturated carbocycles. The molecule has 1 aliphatic heterocycles. The van der Waals surface area contributed by atoms with Gasteiger partial charge in [-0.1, -0.05) is 22.0 Å². The molecule has 1 amide bonds. The van der Waals surface area contributed by atoms with E-state index in [4.69, 9.17) is 15.6 Å². The summed E-state index contributed by atoms with van der Waals surface area (Å²) in [6.07, 6.45) is 0.476. The van der Waals surface area contributed by atoms with Gasteiger partial charge in [0.15, 0.2) is 6.23 Å².